The maximum absolute atomic E-state index is 12.4. The van der Waals surface area contributed by atoms with Crippen molar-refractivity contribution >= 4 is 28.1 Å². The van der Waals surface area contributed by atoms with E-state index < -0.39 is 5.91 Å². The molecule has 0 aromatic carbocycles. The maximum Gasteiger partial charge on any atom is 0.259 e. The van der Waals surface area contributed by atoms with Crippen LogP contribution in [0.3, 0.4) is 0 Å². The number of rotatable bonds is 6. The first-order chi connectivity index (χ1) is 11.6. The van der Waals surface area contributed by atoms with Gasteiger partial charge in [0.25, 0.3) is 11.5 Å². The summed E-state index contributed by atoms with van der Waals surface area (Å²) in [6.45, 7) is 2.54. The second-order valence-corrected chi connectivity index (χ2v) is 6.35. The number of nitrogens with one attached hydrogen (secondary N) is 1. The first-order valence-electron chi connectivity index (χ1n) is 7.54. The molecule has 0 radical (unpaired) electrons. The number of primary amides is 1. The van der Waals surface area contributed by atoms with E-state index in [-0.39, 0.29) is 11.6 Å². The number of H-pyrrole nitrogens is 1. The van der Waals surface area contributed by atoms with Gasteiger partial charge in [-0.2, -0.15) is 5.10 Å². The summed E-state index contributed by atoms with van der Waals surface area (Å²) in [5, 5.41) is 6.94. The average Bonchev–Trinajstić information content (AvgIpc) is 3.18. The summed E-state index contributed by atoms with van der Waals surface area (Å²) < 4.78 is 7.10. The van der Waals surface area contributed by atoms with E-state index in [4.69, 9.17) is 10.5 Å². The average molecular weight is 346 g/mol. The molecule has 0 aliphatic heterocycles. The highest BCUT2D eigenvalue weighted by Crippen LogP contribution is 2.31. The number of pyridine rings is 1. The lowest BCUT2D eigenvalue weighted by Gasteiger charge is -2.15. The number of aromatic nitrogens is 3. The van der Waals surface area contributed by atoms with Gasteiger partial charge in [0.2, 0.25) is 0 Å². The van der Waals surface area contributed by atoms with Crippen LogP contribution >= 0.6 is 11.3 Å². The number of hydrogen-bond donors (Lipinski definition) is 2. The first-order valence-corrected chi connectivity index (χ1v) is 8.42. The zero-order chi connectivity index (χ0) is 17.3. The Kier molecular flexibility index (Phi) is 4.50. The van der Waals surface area contributed by atoms with Crippen LogP contribution in [-0.4, -0.2) is 34.4 Å². The van der Waals surface area contributed by atoms with Crippen LogP contribution in [0, 0.1) is 0 Å². The molecule has 7 nitrogen and oxygen atoms in total. The summed E-state index contributed by atoms with van der Waals surface area (Å²) in [4.78, 5) is 26.8. The van der Waals surface area contributed by atoms with Crippen molar-refractivity contribution < 1.29 is 9.53 Å². The Labute approximate surface area is 142 Å². The van der Waals surface area contributed by atoms with E-state index in [1.165, 1.54) is 11.3 Å². The normalized spacial score (nSPS) is 12.6. The number of fused-ring (bicyclic) bond motifs is 1. The number of nitrogens with two attached hydrogens (primary N) is 1. The Morgan fingerprint density at radius 1 is 1.54 bits per heavy atom. The minimum atomic E-state index is -0.491. The molecule has 0 aliphatic rings. The number of methoxy groups -OCH3 is 1. The number of nitrogens with zero attached hydrogens (tertiary/aromatic N) is 2. The maximum atomic E-state index is 12.4. The number of thiophene rings is 1. The predicted octanol–water partition coefficient (Wildman–Crippen LogP) is 2.15. The van der Waals surface area contributed by atoms with Crippen LogP contribution in [-0.2, 0) is 4.74 Å². The summed E-state index contributed by atoms with van der Waals surface area (Å²) in [7, 11) is 1.64. The minimum Gasteiger partial charge on any atom is -0.382 e. The van der Waals surface area contributed by atoms with Crippen LogP contribution in [0.2, 0.25) is 0 Å². The highest BCUT2D eigenvalue weighted by molar-refractivity contribution is 7.12. The smallest absolute Gasteiger partial charge is 0.259 e. The molecule has 1 atom stereocenters. The molecule has 126 valence electrons. The number of carbonyl (C=O) groups excluding carboxylic acids is 1. The number of carbonyl (C=O) groups is 1. The molecule has 1 unspecified atom stereocenters. The second kappa shape index (κ2) is 6.58. The quantitative estimate of drug-likeness (QED) is 0.714. The fourth-order valence-corrected chi connectivity index (χ4v) is 3.47. The monoisotopic (exact) mass is 346 g/mol. The van der Waals surface area contributed by atoms with Crippen LogP contribution in [0.1, 0.15) is 29.1 Å². The third-order valence-corrected chi connectivity index (χ3v) is 4.87. The molecule has 0 fully saturated rings. The SMILES string of the molecule is CCC(COC)n1nc(-c2csc(C(N)=O)c2)c2c(=O)[nH]ccc21. The van der Waals surface area contributed by atoms with Crippen molar-refractivity contribution in [3.05, 3.63) is 38.9 Å². The van der Waals surface area contributed by atoms with Crippen LogP contribution in [0.5, 0.6) is 0 Å². The second-order valence-electron chi connectivity index (χ2n) is 5.44. The van der Waals surface area contributed by atoms with Crippen molar-refractivity contribution in [3.8, 4) is 11.3 Å². The van der Waals surface area contributed by atoms with Gasteiger partial charge in [0, 0.05) is 24.3 Å². The van der Waals surface area contributed by atoms with Crippen molar-refractivity contribution in [2.24, 2.45) is 5.73 Å². The van der Waals surface area contributed by atoms with Gasteiger partial charge in [0.15, 0.2) is 0 Å². The van der Waals surface area contributed by atoms with Gasteiger partial charge < -0.3 is 15.5 Å². The van der Waals surface area contributed by atoms with Crippen molar-refractivity contribution in [3.63, 3.8) is 0 Å². The van der Waals surface area contributed by atoms with Crippen molar-refractivity contribution in [2.75, 3.05) is 13.7 Å². The molecular weight excluding hydrogens is 328 g/mol. The first kappa shape index (κ1) is 16.4. The largest absolute Gasteiger partial charge is 0.382 e. The van der Waals surface area contributed by atoms with Crippen molar-refractivity contribution in [1.29, 1.82) is 0 Å². The molecule has 3 rings (SSSR count). The topological polar surface area (TPSA) is 103 Å². The lowest BCUT2D eigenvalue weighted by atomic mass is 10.1. The molecule has 1 amide bonds. The van der Waals surface area contributed by atoms with E-state index in [1.807, 2.05) is 17.7 Å². The standard InChI is InChI=1S/C16H18N4O3S/c1-3-10(7-23-2)20-11-4-5-18-16(22)13(11)14(19-20)9-6-12(15(17)21)24-8-9/h4-6,8,10H,3,7H2,1-2H3,(H2,17,21)(H,18,22). The van der Waals surface area contributed by atoms with E-state index in [9.17, 15) is 9.59 Å². The van der Waals surface area contributed by atoms with E-state index in [0.717, 1.165) is 11.9 Å². The molecular formula is C16H18N4O3S. The molecule has 8 heteroatoms. The number of ether oxygens (including phenoxy) is 1. The van der Waals surface area contributed by atoms with Gasteiger partial charge in [-0.15, -0.1) is 11.3 Å². The lowest BCUT2D eigenvalue weighted by molar-refractivity contribution is 0.100. The minimum absolute atomic E-state index is 0.0160. The zero-order valence-electron chi connectivity index (χ0n) is 13.4. The number of amides is 1. The number of aromatic amines is 1. The Bertz CT molecular complexity index is 940. The molecule has 3 N–H and O–H groups in total. The van der Waals surface area contributed by atoms with E-state index >= 15 is 0 Å². The van der Waals surface area contributed by atoms with Gasteiger partial charge in [-0.1, -0.05) is 6.92 Å². The predicted molar refractivity (Wildman–Crippen MR) is 93.4 cm³/mol. The fourth-order valence-electron chi connectivity index (χ4n) is 2.72. The van der Waals surface area contributed by atoms with E-state index in [1.54, 1.807) is 24.8 Å². The fraction of sp³-hybridized carbons (Fsp3) is 0.312. The van der Waals surface area contributed by atoms with Crippen LogP contribution in [0.15, 0.2) is 28.5 Å². The molecule has 0 saturated carbocycles. The Balaban J connectivity index is 2.24. The summed E-state index contributed by atoms with van der Waals surface area (Å²) in [6.07, 6.45) is 2.42. The molecule has 0 bridgehead atoms. The van der Waals surface area contributed by atoms with Gasteiger partial charge in [-0.25, -0.2) is 0 Å². The summed E-state index contributed by atoms with van der Waals surface area (Å²) >= 11 is 1.24. The Morgan fingerprint density at radius 2 is 2.33 bits per heavy atom. The van der Waals surface area contributed by atoms with Gasteiger partial charge in [-0.3, -0.25) is 14.3 Å². The van der Waals surface area contributed by atoms with Gasteiger partial charge in [0.05, 0.1) is 28.4 Å². The van der Waals surface area contributed by atoms with Crippen molar-refractivity contribution in [1.82, 2.24) is 14.8 Å². The van der Waals surface area contributed by atoms with Gasteiger partial charge in [0.1, 0.15) is 5.69 Å². The van der Waals surface area contributed by atoms with Crippen LogP contribution < -0.4 is 11.3 Å². The molecule has 3 aromatic heterocycles. The summed E-state index contributed by atoms with van der Waals surface area (Å²) in [5.41, 5.74) is 7.11. The molecule has 0 saturated heterocycles. The third-order valence-electron chi connectivity index (χ3n) is 3.92. The van der Waals surface area contributed by atoms with Gasteiger partial charge >= 0.3 is 0 Å². The highest BCUT2D eigenvalue weighted by Gasteiger charge is 2.21. The lowest BCUT2D eigenvalue weighted by Crippen LogP contribution is -2.15. The molecule has 0 aliphatic carbocycles. The van der Waals surface area contributed by atoms with E-state index in [0.29, 0.717) is 28.1 Å². The van der Waals surface area contributed by atoms with Crippen LogP contribution in [0.4, 0.5) is 0 Å². The van der Waals surface area contributed by atoms with Crippen molar-refractivity contribution in [2.45, 2.75) is 19.4 Å². The Morgan fingerprint density at radius 3 is 2.96 bits per heavy atom. The zero-order valence-corrected chi connectivity index (χ0v) is 14.2. The third kappa shape index (κ3) is 2.74. The molecule has 3 aromatic rings. The Hall–Kier alpha value is -2.45. The number of hydrogen-bond acceptors (Lipinski definition) is 5. The highest BCUT2D eigenvalue weighted by atomic mass is 32.1. The van der Waals surface area contributed by atoms with E-state index in [2.05, 4.69) is 10.1 Å². The van der Waals surface area contributed by atoms with Crippen LogP contribution in [0.25, 0.3) is 22.2 Å². The summed E-state index contributed by atoms with van der Waals surface area (Å²) in [5.74, 6) is -0.491. The van der Waals surface area contributed by atoms with Gasteiger partial charge in [-0.05, 0) is 18.6 Å². The summed E-state index contributed by atoms with van der Waals surface area (Å²) in [6, 6.07) is 3.51. The molecule has 24 heavy (non-hydrogen) atoms. The molecule has 3 heterocycles. The molecule has 0 spiro atoms.